The van der Waals surface area contributed by atoms with Crippen LogP contribution in [0.5, 0.6) is 0 Å². The van der Waals surface area contributed by atoms with Crippen LogP contribution in [0.2, 0.25) is 5.28 Å². The number of aromatic nitrogens is 4. The first-order chi connectivity index (χ1) is 12.6. The number of nitrogens with zero attached hydrogens (tertiary/aromatic N) is 4. The molecule has 1 atom stereocenters. The highest BCUT2D eigenvalue weighted by molar-refractivity contribution is 6.28. The predicted molar refractivity (Wildman–Crippen MR) is 97.3 cm³/mol. The van der Waals surface area contributed by atoms with E-state index in [2.05, 4.69) is 25.7 Å². The molecule has 0 bridgehead atoms. The number of hydrogen-bond acceptors (Lipinski definition) is 5. The van der Waals surface area contributed by atoms with Crippen LogP contribution in [0.3, 0.4) is 0 Å². The Morgan fingerprint density at radius 2 is 2.08 bits per heavy atom. The third-order valence-corrected chi connectivity index (χ3v) is 3.85. The van der Waals surface area contributed by atoms with Gasteiger partial charge >= 0.3 is 6.03 Å². The van der Waals surface area contributed by atoms with Crippen molar-refractivity contribution in [2.45, 2.75) is 13.0 Å². The number of benzene rings is 1. The van der Waals surface area contributed by atoms with Crippen molar-refractivity contribution >= 4 is 23.3 Å². The average Bonchev–Trinajstić information content (AvgIpc) is 3.10. The molecule has 0 saturated heterocycles. The lowest BCUT2D eigenvalue weighted by Crippen LogP contribution is -2.34. The summed E-state index contributed by atoms with van der Waals surface area (Å²) in [5.41, 5.74) is 2.08. The molecule has 2 amide bonds. The largest absolute Gasteiger partial charge is 0.394 e. The Bertz CT molecular complexity index is 899. The van der Waals surface area contributed by atoms with Gasteiger partial charge in [0.25, 0.3) is 0 Å². The van der Waals surface area contributed by atoms with Gasteiger partial charge in [0.05, 0.1) is 30.7 Å². The lowest BCUT2D eigenvalue weighted by atomic mass is 10.1. The maximum absolute atomic E-state index is 12.2. The Labute approximate surface area is 154 Å². The molecule has 3 rings (SSSR count). The molecule has 8 nitrogen and oxygen atoms in total. The lowest BCUT2D eigenvalue weighted by molar-refractivity contribution is 0.225. The molecule has 2 aromatic heterocycles. The lowest BCUT2D eigenvalue weighted by Gasteiger charge is -2.16. The minimum absolute atomic E-state index is 0.113. The average molecular weight is 373 g/mol. The number of urea groups is 1. The van der Waals surface area contributed by atoms with Crippen LogP contribution in [-0.4, -0.2) is 37.5 Å². The van der Waals surface area contributed by atoms with Gasteiger partial charge in [0, 0.05) is 11.8 Å². The van der Waals surface area contributed by atoms with Crippen molar-refractivity contribution in [1.29, 1.82) is 0 Å². The minimum Gasteiger partial charge on any atom is -0.394 e. The van der Waals surface area contributed by atoms with Gasteiger partial charge in [-0.3, -0.25) is 0 Å². The van der Waals surface area contributed by atoms with E-state index >= 15 is 0 Å². The van der Waals surface area contributed by atoms with Crippen molar-refractivity contribution in [2.75, 3.05) is 11.9 Å². The van der Waals surface area contributed by atoms with Gasteiger partial charge in [-0.1, -0.05) is 30.3 Å². The summed E-state index contributed by atoms with van der Waals surface area (Å²) in [5.74, 6) is 0.524. The molecule has 0 aliphatic carbocycles. The Kier molecular flexibility index (Phi) is 5.45. The van der Waals surface area contributed by atoms with E-state index in [1.54, 1.807) is 12.4 Å². The van der Waals surface area contributed by atoms with Gasteiger partial charge in [0.1, 0.15) is 0 Å². The van der Waals surface area contributed by atoms with E-state index in [0.29, 0.717) is 11.5 Å². The van der Waals surface area contributed by atoms with Crippen molar-refractivity contribution in [2.24, 2.45) is 0 Å². The second-order valence-corrected chi connectivity index (χ2v) is 5.90. The second kappa shape index (κ2) is 7.94. The van der Waals surface area contributed by atoms with Crippen molar-refractivity contribution < 1.29 is 9.90 Å². The summed E-state index contributed by atoms with van der Waals surface area (Å²) in [7, 11) is 0. The minimum atomic E-state index is -0.505. The van der Waals surface area contributed by atoms with Crippen LogP contribution in [0.4, 0.5) is 10.5 Å². The van der Waals surface area contributed by atoms with Crippen LogP contribution in [0.15, 0.2) is 48.9 Å². The summed E-state index contributed by atoms with van der Waals surface area (Å²) in [5, 5.41) is 19.2. The smallest absolute Gasteiger partial charge is 0.319 e. The molecule has 3 N–H and O–H groups in total. The Balaban J connectivity index is 1.69. The Morgan fingerprint density at radius 1 is 1.31 bits per heavy atom. The highest BCUT2D eigenvalue weighted by atomic mass is 35.5. The molecule has 0 radical (unpaired) electrons. The summed E-state index contributed by atoms with van der Waals surface area (Å²) in [6.45, 7) is 1.62. The van der Waals surface area contributed by atoms with Gasteiger partial charge in [-0.15, -0.1) is 0 Å². The molecular formula is C17H17ClN6O2. The zero-order valence-electron chi connectivity index (χ0n) is 13.9. The third-order valence-electron chi connectivity index (χ3n) is 3.66. The maximum Gasteiger partial charge on any atom is 0.319 e. The molecule has 0 aliphatic heterocycles. The van der Waals surface area contributed by atoms with E-state index < -0.39 is 12.1 Å². The van der Waals surface area contributed by atoms with Crippen LogP contribution in [-0.2, 0) is 0 Å². The first-order valence-corrected chi connectivity index (χ1v) is 8.22. The normalized spacial score (nSPS) is 11.8. The molecule has 0 fully saturated rings. The molecule has 26 heavy (non-hydrogen) atoms. The zero-order chi connectivity index (χ0) is 18.5. The predicted octanol–water partition coefficient (Wildman–Crippen LogP) is 2.48. The monoisotopic (exact) mass is 372 g/mol. The number of carbonyl (C=O) groups is 1. The molecule has 3 aromatic rings. The SMILES string of the molecule is Cc1cnc(Cl)nc1-n1cc(NC(=O)NC(CO)c2ccccc2)cn1. The molecule has 0 saturated carbocycles. The fourth-order valence-corrected chi connectivity index (χ4v) is 2.52. The molecule has 9 heteroatoms. The van der Waals surface area contributed by atoms with Crippen molar-refractivity contribution in [3.63, 3.8) is 0 Å². The number of nitrogens with one attached hydrogen (secondary N) is 2. The standard InChI is InChI=1S/C17H17ClN6O2/c1-11-7-19-16(18)23-15(11)24-9-13(8-20-24)21-17(26)22-14(10-25)12-5-3-2-4-6-12/h2-9,14,25H,10H2,1H3,(H2,21,22,26). The van der Waals surface area contributed by atoms with Gasteiger partial charge < -0.3 is 15.7 Å². The number of aliphatic hydroxyl groups excluding tert-OH is 1. The molecular weight excluding hydrogens is 356 g/mol. The quantitative estimate of drug-likeness (QED) is 0.597. The molecule has 1 aromatic carbocycles. The highest BCUT2D eigenvalue weighted by Gasteiger charge is 2.14. The first kappa shape index (κ1) is 17.8. The summed E-state index contributed by atoms with van der Waals surface area (Å²) < 4.78 is 1.50. The van der Waals surface area contributed by atoms with Crippen LogP contribution < -0.4 is 10.6 Å². The van der Waals surface area contributed by atoms with E-state index in [1.165, 1.54) is 10.9 Å². The number of rotatable bonds is 5. The highest BCUT2D eigenvalue weighted by Crippen LogP contribution is 2.16. The Morgan fingerprint density at radius 3 is 2.81 bits per heavy atom. The summed E-state index contributed by atoms with van der Waals surface area (Å²) in [6, 6.07) is 8.27. The van der Waals surface area contributed by atoms with Gasteiger partial charge in [0.2, 0.25) is 5.28 Å². The number of aryl methyl sites for hydroxylation is 1. The van der Waals surface area contributed by atoms with E-state index in [-0.39, 0.29) is 11.9 Å². The zero-order valence-corrected chi connectivity index (χ0v) is 14.7. The Hall–Kier alpha value is -2.97. The molecule has 1 unspecified atom stereocenters. The number of carbonyl (C=O) groups excluding carboxylic acids is 1. The number of amides is 2. The third kappa shape index (κ3) is 4.16. The first-order valence-electron chi connectivity index (χ1n) is 7.84. The van der Waals surface area contributed by atoms with Crippen molar-refractivity contribution in [3.8, 4) is 5.82 Å². The maximum atomic E-state index is 12.2. The summed E-state index contributed by atoms with van der Waals surface area (Å²) >= 11 is 5.82. The molecule has 0 spiro atoms. The van der Waals surface area contributed by atoms with Crippen LogP contribution in [0.25, 0.3) is 5.82 Å². The topological polar surface area (TPSA) is 105 Å². The van der Waals surface area contributed by atoms with Gasteiger partial charge in [-0.05, 0) is 24.1 Å². The number of hydrogen-bond donors (Lipinski definition) is 3. The van der Waals surface area contributed by atoms with Crippen LogP contribution in [0, 0.1) is 6.92 Å². The van der Waals surface area contributed by atoms with E-state index in [9.17, 15) is 9.90 Å². The van der Waals surface area contributed by atoms with Crippen molar-refractivity contribution in [1.82, 2.24) is 25.1 Å². The summed E-state index contributed by atoms with van der Waals surface area (Å²) in [6.07, 6.45) is 4.70. The van der Waals surface area contributed by atoms with Crippen LogP contribution in [0.1, 0.15) is 17.2 Å². The van der Waals surface area contributed by atoms with Gasteiger partial charge in [-0.25, -0.2) is 14.5 Å². The van der Waals surface area contributed by atoms with Crippen molar-refractivity contribution in [3.05, 3.63) is 65.3 Å². The molecule has 2 heterocycles. The van der Waals surface area contributed by atoms with E-state index in [0.717, 1.165) is 11.1 Å². The fourth-order valence-electron chi connectivity index (χ4n) is 2.39. The summed E-state index contributed by atoms with van der Waals surface area (Å²) in [4.78, 5) is 20.2. The number of halogens is 1. The number of anilines is 1. The van der Waals surface area contributed by atoms with E-state index in [4.69, 9.17) is 11.6 Å². The second-order valence-electron chi connectivity index (χ2n) is 5.56. The molecule has 134 valence electrons. The molecule has 0 aliphatic rings. The number of aliphatic hydroxyl groups is 1. The van der Waals surface area contributed by atoms with Gasteiger partial charge in [-0.2, -0.15) is 10.1 Å². The van der Waals surface area contributed by atoms with Crippen LogP contribution >= 0.6 is 11.6 Å². The van der Waals surface area contributed by atoms with E-state index in [1.807, 2.05) is 37.3 Å². The fraction of sp³-hybridized carbons (Fsp3) is 0.176. The van der Waals surface area contributed by atoms with Gasteiger partial charge in [0.15, 0.2) is 5.82 Å².